The Morgan fingerprint density at radius 1 is 1.37 bits per heavy atom. The van der Waals surface area contributed by atoms with E-state index >= 15 is 0 Å². The molecule has 9 heteroatoms. The van der Waals surface area contributed by atoms with Gasteiger partial charge in [-0.15, -0.1) is 11.3 Å². The summed E-state index contributed by atoms with van der Waals surface area (Å²) in [7, 11) is 0.331. The van der Waals surface area contributed by atoms with Gasteiger partial charge in [-0.05, 0) is 35.9 Å². The molecule has 1 aliphatic rings. The van der Waals surface area contributed by atoms with Crippen LogP contribution in [-0.4, -0.2) is 50.8 Å². The number of thiophene rings is 1. The summed E-state index contributed by atoms with van der Waals surface area (Å²) in [6.07, 6.45) is 3.12. The molecule has 1 saturated heterocycles. The third-order valence-corrected chi connectivity index (χ3v) is 7.82. The maximum atomic E-state index is 12.7. The average molecular weight is 409 g/mol. The third kappa shape index (κ3) is 4.66. The second kappa shape index (κ2) is 8.37. The van der Waals surface area contributed by atoms with Gasteiger partial charge in [0, 0.05) is 39.9 Å². The van der Waals surface area contributed by atoms with Gasteiger partial charge in [-0.3, -0.25) is 4.79 Å². The molecule has 0 spiro atoms. The van der Waals surface area contributed by atoms with E-state index in [1.54, 1.807) is 23.7 Å². The Hall–Kier alpha value is -1.97. The molecule has 1 amide bonds. The standard InChI is InChI=1S/C18H24N4O3S2/c1-21(2)16-8-7-14(11-19-16)12-20-18(23)15-5-3-9-22(13-15)27(24,25)17-6-4-10-26-17/h4,6-8,10-11,15H,3,5,9,12-13H2,1-2H3,(H,20,23). The quantitative estimate of drug-likeness (QED) is 0.790. The van der Waals surface area contributed by atoms with Crippen molar-refractivity contribution in [3.8, 4) is 0 Å². The number of nitrogens with zero attached hydrogens (tertiary/aromatic N) is 3. The summed E-state index contributed by atoms with van der Waals surface area (Å²) < 4.78 is 27.1. The first kappa shape index (κ1) is 19.8. The lowest BCUT2D eigenvalue weighted by Gasteiger charge is -2.30. The molecular formula is C18H24N4O3S2. The summed E-state index contributed by atoms with van der Waals surface area (Å²) in [6, 6.07) is 7.16. The van der Waals surface area contributed by atoms with Gasteiger partial charge in [-0.25, -0.2) is 13.4 Å². The van der Waals surface area contributed by atoms with Crippen LogP contribution < -0.4 is 10.2 Å². The number of sulfonamides is 1. The number of pyridine rings is 1. The van der Waals surface area contributed by atoms with Crippen LogP contribution in [0.3, 0.4) is 0 Å². The summed E-state index contributed by atoms with van der Waals surface area (Å²) in [5, 5.41) is 4.66. The predicted octanol–water partition coefficient (Wildman–Crippen LogP) is 1.93. The van der Waals surface area contributed by atoms with Crippen molar-refractivity contribution < 1.29 is 13.2 Å². The highest BCUT2D eigenvalue weighted by Gasteiger charge is 2.33. The second-order valence-electron chi connectivity index (χ2n) is 6.77. The highest BCUT2D eigenvalue weighted by molar-refractivity contribution is 7.91. The summed E-state index contributed by atoms with van der Waals surface area (Å²) in [4.78, 5) is 18.8. The topological polar surface area (TPSA) is 82.6 Å². The van der Waals surface area contributed by atoms with Crippen LogP contribution in [0.1, 0.15) is 18.4 Å². The summed E-state index contributed by atoms with van der Waals surface area (Å²) in [5.41, 5.74) is 0.910. The molecule has 146 valence electrons. The van der Waals surface area contributed by atoms with Gasteiger partial charge in [-0.2, -0.15) is 4.31 Å². The van der Waals surface area contributed by atoms with E-state index in [0.717, 1.165) is 11.4 Å². The van der Waals surface area contributed by atoms with Crippen LogP contribution in [0.2, 0.25) is 0 Å². The molecule has 1 fully saturated rings. The molecule has 7 nitrogen and oxygen atoms in total. The lowest BCUT2D eigenvalue weighted by molar-refractivity contribution is -0.126. The van der Waals surface area contributed by atoms with E-state index in [1.165, 1.54) is 15.6 Å². The van der Waals surface area contributed by atoms with Crippen molar-refractivity contribution in [1.82, 2.24) is 14.6 Å². The largest absolute Gasteiger partial charge is 0.363 e. The van der Waals surface area contributed by atoms with Crippen molar-refractivity contribution in [2.24, 2.45) is 5.92 Å². The molecule has 3 rings (SSSR count). The van der Waals surface area contributed by atoms with Crippen LogP contribution in [0.4, 0.5) is 5.82 Å². The van der Waals surface area contributed by atoms with E-state index in [2.05, 4.69) is 10.3 Å². The molecule has 1 N–H and O–H groups in total. The first-order chi connectivity index (χ1) is 12.9. The fourth-order valence-electron chi connectivity index (χ4n) is 3.03. The van der Waals surface area contributed by atoms with E-state index in [-0.39, 0.29) is 18.4 Å². The highest BCUT2D eigenvalue weighted by atomic mass is 32.2. The zero-order valence-electron chi connectivity index (χ0n) is 15.5. The normalized spacial score (nSPS) is 18.2. The maximum absolute atomic E-state index is 12.7. The molecule has 2 aromatic rings. The first-order valence-electron chi connectivity index (χ1n) is 8.81. The van der Waals surface area contributed by atoms with E-state index in [4.69, 9.17) is 0 Å². The molecule has 1 unspecified atom stereocenters. The highest BCUT2D eigenvalue weighted by Crippen LogP contribution is 2.26. The molecule has 2 aromatic heterocycles. The average Bonchev–Trinajstić information content (AvgIpc) is 3.22. The number of amides is 1. The molecule has 3 heterocycles. The van der Waals surface area contributed by atoms with E-state index in [9.17, 15) is 13.2 Å². The number of rotatable bonds is 6. The maximum Gasteiger partial charge on any atom is 0.252 e. The van der Waals surface area contributed by atoms with Crippen LogP contribution in [0, 0.1) is 5.92 Å². The monoisotopic (exact) mass is 408 g/mol. The minimum atomic E-state index is -3.51. The summed E-state index contributed by atoms with van der Waals surface area (Å²) in [6.45, 7) is 1.07. The van der Waals surface area contributed by atoms with Gasteiger partial charge >= 0.3 is 0 Å². The predicted molar refractivity (Wildman–Crippen MR) is 106 cm³/mol. The van der Waals surface area contributed by atoms with Crippen molar-refractivity contribution in [3.05, 3.63) is 41.4 Å². The fourth-order valence-corrected chi connectivity index (χ4v) is 5.70. The number of carbonyl (C=O) groups excluding carboxylic acids is 1. The van der Waals surface area contributed by atoms with E-state index in [0.29, 0.717) is 30.1 Å². The number of nitrogens with one attached hydrogen (secondary N) is 1. The Balaban J connectivity index is 1.58. The van der Waals surface area contributed by atoms with Crippen LogP contribution in [-0.2, 0) is 21.4 Å². The number of hydrogen-bond donors (Lipinski definition) is 1. The zero-order chi connectivity index (χ0) is 19.4. The molecule has 0 aromatic carbocycles. The van der Waals surface area contributed by atoms with Crippen molar-refractivity contribution in [1.29, 1.82) is 0 Å². The first-order valence-corrected chi connectivity index (χ1v) is 11.1. The molecule has 0 saturated carbocycles. The fraction of sp³-hybridized carbons (Fsp3) is 0.444. The molecule has 0 bridgehead atoms. The minimum Gasteiger partial charge on any atom is -0.363 e. The number of hydrogen-bond acceptors (Lipinski definition) is 6. The third-order valence-electron chi connectivity index (χ3n) is 4.58. The molecule has 1 aliphatic heterocycles. The van der Waals surface area contributed by atoms with Crippen LogP contribution in [0.5, 0.6) is 0 Å². The Bertz CT molecular complexity index is 865. The lowest BCUT2D eigenvalue weighted by atomic mass is 9.99. The summed E-state index contributed by atoms with van der Waals surface area (Å²) in [5.74, 6) is 0.409. The molecule has 27 heavy (non-hydrogen) atoms. The Labute approximate surface area is 164 Å². The Kier molecular flexibility index (Phi) is 6.13. The van der Waals surface area contributed by atoms with Crippen LogP contribution >= 0.6 is 11.3 Å². The van der Waals surface area contributed by atoms with Crippen molar-refractivity contribution in [3.63, 3.8) is 0 Å². The molecular weight excluding hydrogens is 384 g/mol. The molecule has 0 aliphatic carbocycles. The number of anilines is 1. The number of piperidine rings is 1. The smallest absolute Gasteiger partial charge is 0.252 e. The van der Waals surface area contributed by atoms with Gasteiger partial charge in [0.2, 0.25) is 5.91 Å². The Morgan fingerprint density at radius 2 is 2.19 bits per heavy atom. The lowest BCUT2D eigenvalue weighted by Crippen LogP contribution is -2.45. The zero-order valence-corrected chi connectivity index (χ0v) is 17.1. The molecule has 0 radical (unpaired) electrons. The van der Waals surface area contributed by atoms with Crippen molar-refractivity contribution in [2.75, 3.05) is 32.1 Å². The number of carbonyl (C=O) groups is 1. The van der Waals surface area contributed by atoms with Gasteiger partial charge in [-0.1, -0.05) is 12.1 Å². The van der Waals surface area contributed by atoms with Crippen molar-refractivity contribution >= 4 is 33.1 Å². The minimum absolute atomic E-state index is 0.113. The van der Waals surface area contributed by atoms with Gasteiger partial charge in [0.1, 0.15) is 10.0 Å². The van der Waals surface area contributed by atoms with Crippen molar-refractivity contribution in [2.45, 2.75) is 23.6 Å². The van der Waals surface area contributed by atoms with Crippen LogP contribution in [0.25, 0.3) is 0 Å². The molecule has 1 atom stereocenters. The SMILES string of the molecule is CN(C)c1ccc(CNC(=O)C2CCCN(S(=O)(=O)c3cccs3)C2)cn1. The van der Waals surface area contributed by atoms with Gasteiger partial charge < -0.3 is 10.2 Å². The van der Waals surface area contributed by atoms with Gasteiger partial charge in [0.25, 0.3) is 10.0 Å². The second-order valence-corrected chi connectivity index (χ2v) is 9.88. The van der Waals surface area contributed by atoms with Crippen LogP contribution in [0.15, 0.2) is 40.1 Å². The number of aromatic nitrogens is 1. The summed E-state index contributed by atoms with van der Waals surface area (Å²) >= 11 is 1.20. The van der Waals surface area contributed by atoms with E-state index < -0.39 is 10.0 Å². The van der Waals surface area contributed by atoms with E-state index in [1.807, 2.05) is 31.1 Å². The Morgan fingerprint density at radius 3 is 2.81 bits per heavy atom. The van der Waals surface area contributed by atoms with Gasteiger partial charge in [0.05, 0.1) is 5.92 Å². The van der Waals surface area contributed by atoms with Gasteiger partial charge in [0.15, 0.2) is 0 Å².